The highest BCUT2D eigenvalue weighted by atomic mass is 31.1. The van der Waals surface area contributed by atoms with Crippen LogP contribution in [-0.2, 0) is 9.47 Å². The van der Waals surface area contributed by atoms with Crippen molar-refractivity contribution in [2.75, 3.05) is 26.5 Å². The first-order chi connectivity index (χ1) is 15.8. The highest BCUT2D eigenvalue weighted by Gasteiger charge is 2.31. The van der Waals surface area contributed by atoms with Crippen molar-refractivity contribution in [2.45, 2.75) is 89.1 Å². The lowest BCUT2D eigenvalue weighted by Gasteiger charge is -2.36. The third-order valence-electron chi connectivity index (χ3n) is 7.54. The Morgan fingerprint density at radius 2 is 1.59 bits per heavy atom. The molecule has 2 nitrogen and oxygen atoms in total. The normalized spacial score (nSPS) is 24.4. The summed E-state index contributed by atoms with van der Waals surface area (Å²) in [6.07, 6.45) is 31.5. The van der Waals surface area contributed by atoms with Crippen molar-refractivity contribution < 1.29 is 9.47 Å². The van der Waals surface area contributed by atoms with E-state index >= 15 is 0 Å². The number of hydrogen-bond acceptors (Lipinski definition) is 2. The minimum atomic E-state index is -0.242. The van der Waals surface area contributed by atoms with Gasteiger partial charge in [-0.15, -0.1) is 0 Å². The molecule has 0 aromatic heterocycles. The van der Waals surface area contributed by atoms with Crippen molar-refractivity contribution in [1.29, 1.82) is 0 Å². The Morgan fingerprint density at radius 3 is 2.34 bits per heavy atom. The summed E-state index contributed by atoms with van der Waals surface area (Å²) in [6.45, 7) is 0. The molecule has 1 saturated carbocycles. The van der Waals surface area contributed by atoms with E-state index < -0.39 is 0 Å². The number of allylic oxidation sites excluding steroid dienone is 10. The van der Waals surface area contributed by atoms with Crippen molar-refractivity contribution in [2.24, 2.45) is 0 Å². The van der Waals surface area contributed by atoms with Gasteiger partial charge in [-0.05, 0) is 87.9 Å². The van der Waals surface area contributed by atoms with Gasteiger partial charge in [0.2, 0.25) is 0 Å². The number of rotatable bonds is 9. The average Bonchev–Trinajstić information content (AvgIpc) is 2.88. The Balaban J connectivity index is 1.61. The lowest BCUT2D eigenvalue weighted by atomic mass is 10.0. The fourth-order valence-electron chi connectivity index (χ4n) is 5.83. The van der Waals surface area contributed by atoms with Crippen LogP contribution in [0.15, 0.2) is 57.8 Å². The van der Waals surface area contributed by atoms with Gasteiger partial charge in [-0.25, -0.2) is 0 Å². The van der Waals surface area contributed by atoms with E-state index in [0.29, 0.717) is 0 Å². The van der Waals surface area contributed by atoms with Gasteiger partial charge in [0, 0.05) is 18.2 Å². The lowest BCUT2D eigenvalue weighted by Crippen LogP contribution is -2.16. The van der Waals surface area contributed by atoms with Gasteiger partial charge in [-0.3, -0.25) is 0 Å². The van der Waals surface area contributed by atoms with Crippen LogP contribution in [-0.4, -0.2) is 32.2 Å². The molecule has 0 heterocycles. The molecule has 2 atom stereocenters. The van der Waals surface area contributed by atoms with Gasteiger partial charge >= 0.3 is 0 Å². The summed E-state index contributed by atoms with van der Waals surface area (Å²) in [7, 11) is 3.40. The van der Waals surface area contributed by atoms with Crippen LogP contribution >= 0.6 is 15.8 Å². The minimum Gasteiger partial charge on any atom is -0.501 e. The molecule has 0 spiro atoms. The predicted molar refractivity (Wildman–Crippen MR) is 142 cm³/mol. The van der Waals surface area contributed by atoms with Crippen molar-refractivity contribution in [3.8, 4) is 0 Å². The maximum absolute atomic E-state index is 5.96. The van der Waals surface area contributed by atoms with E-state index in [2.05, 4.69) is 30.4 Å². The van der Waals surface area contributed by atoms with Gasteiger partial charge in [0.05, 0.1) is 20.0 Å². The third kappa shape index (κ3) is 5.98. The van der Waals surface area contributed by atoms with E-state index in [9.17, 15) is 0 Å². The Hall–Kier alpha value is -0.840. The summed E-state index contributed by atoms with van der Waals surface area (Å²) in [5, 5.41) is 5.00. The van der Waals surface area contributed by atoms with E-state index in [1.165, 1.54) is 88.1 Å². The Bertz CT molecular complexity index is 783. The topological polar surface area (TPSA) is 18.5 Å². The smallest absolute Gasteiger partial charge is 0.103 e. The molecule has 2 unspecified atom stereocenters. The molecule has 4 aliphatic carbocycles. The summed E-state index contributed by atoms with van der Waals surface area (Å²) < 4.78 is 11.9. The quantitative estimate of drug-likeness (QED) is 0.311. The summed E-state index contributed by atoms with van der Waals surface area (Å²) in [4.78, 5) is 0. The molecule has 4 aliphatic rings. The fourth-order valence-corrected chi connectivity index (χ4v) is 12.8. The Kier molecular flexibility index (Phi) is 9.54. The van der Waals surface area contributed by atoms with Crippen LogP contribution in [0.3, 0.4) is 0 Å². The van der Waals surface area contributed by atoms with Crippen LogP contribution in [0.4, 0.5) is 0 Å². The first-order valence-electron chi connectivity index (χ1n) is 12.9. The van der Waals surface area contributed by atoms with Crippen LogP contribution < -0.4 is 0 Å². The molecule has 0 aliphatic heterocycles. The van der Waals surface area contributed by atoms with Crippen LogP contribution in [0.1, 0.15) is 83.5 Å². The van der Waals surface area contributed by atoms with E-state index in [4.69, 9.17) is 9.47 Å². The third-order valence-corrected chi connectivity index (χ3v) is 13.9. The standard InChI is InChI=1S/C28H42O2P2/c1-29-25-17-9-11-19-27(25)31(23-13-5-3-6-14-23)21-22-32(24-15-7-4-8-16-24)28-20-12-10-18-26(28)30-2/h3,5,12-13,20,24H,4,6-11,14-19,21-22H2,1-2H3. The Labute approximate surface area is 198 Å². The van der Waals surface area contributed by atoms with Crippen LogP contribution in [0.5, 0.6) is 0 Å². The number of hydrogen-bond donors (Lipinski definition) is 0. The molecule has 0 N–H and O–H groups in total. The molecule has 0 radical (unpaired) electrons. The van der Waals surface area contributed by atoms with Gasteiger partial charge in [-0.1, -0.05) is 57.6 Å². The molecule has 0 aromatic rings. The Morgan fingerprint density at radius 1 is 0.812 bits per heavy atom. The molecular formula is C28H42O2P2. The molecule has 0 bridgehead atoms. The molecular weight excluding hydrogens is 430 g/mol. The van der Waals surface area contributed by atoms with E-state index in [-0.39, 0.29) is 15.8 Å². The van der Waals surface area contributed by atoms with E-state index in [1.54, 1.807) is 15.9 Å². The number of methoxy groups -OCH3 is 2. The van der Waals surface area contributed by atoms with E-state index in [0.717, 1.165) is 24.9 Å². The largest absolute Gasteiger partial charge is 0.501 e. The molecule has 1 fully saturated rings. The fraction of sp³-hybridized carbons (Fsp3) is 0.643. The summed E-state index contributed by atoms with van der Waals surface area (Å²) >= 11 is 0. The van der Waals surface area contributed by atoms with Crippen molar-refractivity contribution >= 4 is 15.8 Å². The van der Waals surface area contributed by atoms with Gasteiger partial charge in [-0.2, -0.15) is 0 Å². The van der Waals surface area contributed by atoms with Gasteiger partial charge in [0.25, 0.3) is 0 Å². The maximum atomic E-state index is 5.96. The molecule has 176 valence electrons. The molecule has 0 amide bonds. The van der Waals surface area contributed by atoms with Gasteiger partial charge in [0.1, 0.15) is 5.76 Å². The summed E-state index contributed by atoms with van der Waals surface area (Å²) in [5.41, 5.74) is 0.890. The zero-order valence-corrected chi connectivity index (χ0v) is 22.1. The molecule has 0 saturated heterocycles. The van der Waals surface area contributed by atoms with Crippen molar-refractivity contribution in [3.63, 3.8) is 0 Å². The first-order valence-corrected chi connectivity index (χ1v) is 16.0. The van der Waals surface area contributed by atoms with Crippen LogP contribution in [0, 0.1) is 0 Å². The van der Waals surface area contributed by atoms with Crippen LogP contribution in [0.25, 0.3) is 0 Å². The molecule has 0 aromatic carbocycles. The van der Waals surface area contributed by atoms with Gasteiger partial charge < -0.3 is 9.47 Å². The second kappa shape index (κ2) is 12.6. The van der Waals surface area contributed by atoms with Crippen LogP contribution in [0.2, 0.25) is 0 Å². The second-order valence-electron chi connectivity index (χ2n) is 9.50. The van der Waals surface area contributed by atoms with Gasteiger partial charge in [0.15, 0.2) is 0 Å². The van der Waals surface area contributed by atoms with Crippen molar-refractivity contribution in [3.05, 3.63) is 57.8 Å². The predicted octanol–water partition coefficient (Wildman–Crippen LogP) is 9.16. The molecule has 4 heteroatoms. The molecule has 32 heavy (non-hydrogen) atoms. The molecule has 4 rings (SSSR count). The minimum absolute atomic E-state index is 0.160. The highest BCUT2D eigenvalue weighted by Crippen LogP contribution is 2.63. The SMILES string of the molecule is COC1=C(P(CCP(C2=C(OC)CCC=C2)C2CCCCC2)C2=CC=CCC2)CCCC1. The summed E-state index contributed by atoms with van der Waals surface area (Å²) in [6, 6.07) is 0. The zero-order valence-electron chi connectivity index (χ0n) is 20.3. The van der Waals surface area contributed by atoms with Crippen molar-refractivity contribution in [1.82, 2.24) is 0 Å². The zero-order chi connectivity index (χ0) is 22.2. The van der Waals surface area contributed by atoms with E-state index in [1.807, 2.05) is 14.2 Å². The monoisotopic (exact) mass is 472 g/mol. The summed E-state index contributed by atoms with van der Waals surface area (Å²) in [5.74, 6) is 2.62. The average molecular weight is 473 g/mol. The first kappa shape index (κ1) is 24.3. The maximum Gasteiger partial charge on any atom is 0.103 e. The lowest BCUT2D eigenvalue weighted by molar-refractivity contribution is 0.264. The second-order valence-corrected chi connectivity index (χ2v) is 14.5. The number of ether oxygens (including phenoxy) is 2. The highest BCUT2D eigenvalue weighted by molar-refractivity contribution is 7.69.